The van der Waals surface area contributed by atoms with Gasteiger partial charge in [-0.2, -0.15) is 6.08 Å². The number of rotatable bonds is 4. The second-order valence-electron chi connectivity index (χ2n) is 16.2. The van der Waals surface area contributed by atoms with Crippen LogP contribution in [-0.2, 0) is 41.5 Å². The quantitative estimate of drug-likeness (QED) is 0.157. The molecule has 0 atom stereocenters. The number of hydrogen-bond donors (Lipinski definition) is 0. The molecular formula is C52H49Cl3Zr-2. The summed E-state index contributed by atoms with van der Waals surface area (Å²) in [5.41, 5.74) is 17.3. The summed E-state index contributed by atoms with van der Waals surface area (Å²) in [5, 5.41) is 0.788. The van der Waals surface area contributed by atoms with E-state index in [1.54, 1.807) is 0 Å². The van der Waals surface area contributed by atoms with Gasteiger partial charge in [-0.1, -0.05) is 131 Å². The Morgan fingerprint density at radius 3 is 1.66 bits per heavy atom. The Morgan fingerprint density at radius 1 is 0.625 bits per heavy atom. The summed E-state index contributed by atoms with van der Waals surface area (Å²) < 4.78 is 1.36. The van der Waals surface area contributed by atoms with E-state index in [0.29, 0.717) is 0 Å². The Balaban J connectivity index is 0.000000252. The van der Waals surface area contributed by atoms with Gasteiger partial charge in [0.15, 0.2) is 0 Å². The van der Waals surface area contributed by atoms with Crippen LogP contribution in [-0.4, -0.2) is 3.21 Å². The van der Waals surface area contributed by atoms with Gasteiger partial charge in [0.2, 0.25) is 0 Å². The second-order valence-corrected chi connectivity index (χ2v) is 17.8. The van der Waals surface area contributed by atoms with Crippen molar-refractivity contribution in [3.8, 4) is 33.4 Å². The normalized spacial score (nSPS) is 12.2. The van der Waals surface area contributed by atoms with Crippen molar-refractivity contribution in [2.75, 3.05) is 0 Å². The third-order valence-corrected chi connectivity index (χ3v) is 11.6. The van der Waals surface area contributed by atoms with Crippen LogP contribution in [0.4, 0.5) is 0 Å². The molecule has 0 bridgehead atoms. The van der Waals surface area contributed by atoms with E-state index in [2.05, 4.69) is 182 Å². The molecule has 0 amide bonds. The molecule has 6 aromatic carbocycles. The van der Waals surface area contributed by atoms with E-state index < -0.39 is 0 Å². The summed E-state index contributed by atoms with van der Waals surface area (Å²) in [6.45, 7) is 16.0. The summed E-state index contributed by atoms with van der Waals surface area (Å²) >= 11 is 7.30. The van der Waals surface area contributed by atoms with E-state index in [1.165, 1.54) is 99.8 Å². The molecule has 0 radical (unpaired) electrons. The topological polar surface area (TPSA) is 0 Å². The molecule has 284 valence electrons. The van der Waals surface area contributed by atoms with Gasteiger partial charge < -0.3 is 24.8 Å². The Bertz CT molecular complexity index is 2120. The van der Waals surface area contributed by atoms with Crippen LogP contribution in [0.1, 0.15) is 86.9 Å². The van der Waals surface area contributed by atoms with Crippen LogP contribution in [0.15, 0.2) is 146 Å². The van der Waals surface area contributed by atoms with E-state index in [4.69, 9.17) is 11.6 Å². The molecule has 0 saturated heterocycles. The van der Waals surface area contributed by atoms with Gasteiger partial charge in [-0.15, -0.1) is 35.2 Å². The summed E-state index contributed by atoms with van der Waals surface area (Å²) in [4.78, 5) is 0. The van der Waals surface area contributed by atoms with Gasteiger partial charge in [0.25, 0.3) is 0 Å². The Hall–Kier alpha value is -3.58. The molecule has 56 heavy (non-hydrogen) atoms. The molecule has 0 saturated carbocycles. The number of hydrogen-bond acceptors (Lipinski definition) is 0. The fourth-order valence-corrected chi connectivity index (χ4v) is 7.89. The third-order valence-electron chi connectivity index (χ3n) is 9.88. The number of benzene rings is 6. The largest absolute Gasteiger partial charge is 1.00 e. The summed E-state index contributed by atoms with van der Waals surface area (Å²) in [6, 6.07) is 49.5. The predicted molar refractivity (Wildman–Crippen MR) is 229 cm³/mol. The minimum atomic E-state index is 0. The third kappa shape index (κ3) is 11.1. The van der Waals surface area contributed by atoms with Crippen LogP contribution in [0.2, 0.25) is 5.02 Å². The maximum absolute atomic E-state index is 5.88. The van der Waals surface area contributed by atoms with Crippen molar-refractivity contribution in [3.63, 3.8) is 0 Å². The fraction of sp³-hybridized carbons (Fsp3) is 0.212. The van der Waals surface area contributed by atoms with Gasteiger partial charge in [0, 0.05) is 0 Å². The molecule has 0 unspecified atom stereocenters. The molecule has 2 aliphatic carbocycles. The maximum atomic E-state index is 5.88. The molecule has 0 spiro atoms. The van der Waals surface area contributed by atoms with Crippen molar-refractivity contribution in [3.05, 3.63) is 202 Å². The zero-order valence-electron chi connectivity index (χ0n) is 33.4. The molecule has 0 fully saturated rings. The zero-order chi connectivity index (χ0) is 38.5. The standard InChI is InChI=1S/C33H33.C14H11Cl.C5H5.2ClH.Zr/c1-32(2,3)30-20-26-24(18-28(30)22-13-9-7-10-14-22)17-25-19-29(23-15-11-8-12-16-23)31(21-27(25)26)33(4,5)6;1-11-2-4-12(5-3-11)10-13-6-8-14(15)9-7-13;1-2-4-5-3-1;;;/h7-16,18,20-21H,17H2,1-6H3;2-9H,1H3;1-3H,4H2;2*1H;/q-1;;-1;;;+2/p-2. The van der Waals surface area contributed by atoms with E-state index in [1.807, 2.05) is 24.3 Å². The molecule has 2 aliphatic rings. The van der Waals surface area contributed by atoms with Crippen molar-refractivity contribution in [1.82, 2.24) is 0 Å². The first-order valence-electron chi connectivity index (χ1n) is 18.8. The summed E-state index contributed by atoms with van der Waals surface area (Å²) in [5.74, 6) is 0. The van der Waals surface area contributed by atoms with Gasteiger partial charge in [-0.05, 0) is 39.5 Å². The maximum Gasteiger partial charge on any atom is -0.109 e. The van der Waals surface area contributed by atoms with Crippen LogP contribution >= 0.6 is 11.6 Å². The van der Waals surface area contributed by atoms with Crippen molar-refractivity contribution in [1.29, 1.82) is 0 Å². The molecule has 6 aromatic rings. The van der Waals surface area contributed by atoms with E-state index >= 15 is 0 Å². The summed E-state index contributed by atoms with van der Waals surface area (Å²) in [7, 11) is 0. The van der Waals surface area contributed by atoms with Crippen LogP contribution in [0.25, 0.3) is 33.4 Å². The molecule has 0 heterocycles. The average Bonchev–Trinajstić information content (AvgIpc) is 3.86. The van der Waals surface area contributed by atoms with E-state index in [0.717, 1.165) is 17.9 Å². The van der Waals surface area contributed by atoms with Crippen molar-refractivity contribution in [2.45, 2.75) is 72.1 Å². The molecule has 0 N–H and O–H groups in total. The molecule has 0 nitrogen and oxygen atoms in total. The first kappa shape index (κ1) is 45.1. The number of aryl methyl sites for hydroxylation is 1. The Labute approximate surface area is 368 Å². The molecule has 0 aromatic heterocycles. The first-order chi connectivity index (χ1) is 25.8. The number of fused-ring (bicyclic) bond motifs is 3. The fourth-order valence-electron chi connectivity index (χ4n) is 6.95. The zero-order valence-corrected chi connectivity index (χ0v) is 38.1. The number of allylic oxidation sites excluding steroid dienone is 4. The van der Waals surface area contributed by atoms with E-state index in [-0.39, 0.29) is 35.6 Å². The van der Waals surface area contributed by atoms with Crippen LogP contribution in [0.5, 0.6) is 0 Å². The van der Waals surface area contributed by atoms with Crippen molar-refractivity contribution < 1.29 is 49.0 Å². The smallest absolute Gasteiger partial charge is 0.109 e. The predicted octanol–water partition coefficient (Wildman–Crippen LogP) is 8.06. The second kappa shape index (κ2) is 19.7. The minimum Gasteiger partial charge on any atom is -1.00 e. The molecule has 4 heteroatoms. The van der Waals surface area contributed by atoms with Crippen LogP contribution in [0, 0.1) is 19.1 Å². The Kier molecular flexibility index (Phi) is 15.9. The SMILES string of the molecule is CC(C)(C)c1cc2c([c-]c1-c1ccccc1)Cc1cc(-c3ccccc3)c(C(C)(C)C)cc1-2.Cc1ccc([C](=[Zr+2])c2ccc(Cl)cc2)cc1.[C-]1=CC=CC1.[Cl-].[Cl-]. The molecular weight excluding hydrogens is 822 g/mol. The summed E-state index contributed by atoms with van der Waals surface area (Å²) in [6.07, 6.45) is 10.9. The van der Waals surface area contributed by atoms with Gasteiger partial charge in [0.1, 0.15) is 0 Å². The van der Waals surface area contributed by atoms with Crippen LogP contribution in [0.3, 0.4) is 0 Å². The van der Waals surface area contributed by atoms with Gasteiger partial charge in [0.05, 0.1) is 0 Å². The molecule has 8 rings (SSSR count). The average molecular weight is 872 g/mol. The monoisotopic (exact) mass is 868 g/mol. The molecule has 0 aliphatic heterocycles. The van der Waals surface area contributed by atoms with Crippen molar-refractivity contribution >= 4 is 14.8 Å². The number of halogens is 3. The minimum absolute atomic E-state index is 0. The van der Waals surface area contributed by atoms with Gasteiger partial charge in [-0.3, -0.25) is 6.08 Å². The first-order valence-corrected chi connectivity index (χ1v) is 20.4. The van der Waals surface area contributed by atoms with Gasteiger partial charge in [-0.25, -0.2) is 12.2 Å². The Morgan fingerprint density at radius 2 is 1.16 bits per heavy atom. The van der Waals surface area contributed by atoms with Crippen molar-refractivity contribution in [2.24, 2.45) is 0 Å². The van der Waals surface area contributed by atoms with Crippen LogP contribution < -0.4 is 24.8 Å². The van der Waals surface area contributed by atoms with Gasteiger partial charge >= 0.3 is 116 Å². The van der Waals surface area contributed by atoms with E-state index in [9.17, 15) is 0 Å².